The van der Waals surface area contributed by atoms with Crippen molar-refractivity contribution < 1.29 is 31.9 Å². The molecular weight excluding hydrogens is 410 g/mol. The summed E-state index contributed by atoms with van der Waals surface area (Å²) in [6.07, 6.45) is 0. The predicted molar refractivity (Wildman–Crippen MR) is 108 cm³/mol. The van der Waals surface area contributed by atoms with E-state index in [1.54, 1.807) is 30.3 Å². The molecule has 30 heavy (non-hydrogen) atoms. The summed E-state index contributed by atoms with van der Waals surface area (Å²) in [5.41, 5.74) is 0.696. The number of nitrogens with zero attached hydrogens (tertiary/aromatic N) is 1. The summed E-state index contributed by atoms with van der Waals surface area (Å²) in [5.74, 6) is -1.02. The van der Waals surface area contributed by atoms with E-state index in [9.17, 15) is 18.0 Å². The summed E-state index contributed by atoms with van der Waals surface area (Å²) < 4.78 is 41.6. The number of ether oxygens (including phenoxy) is 2. The summed E-state index contributed by atoms with van der Waals surface area (Å²) in [7, 11) is -1.09. The van der Waals surface area contributed by atoms with Crippen LogP contribution in [0.1, 0.15) is 26.7 Å². The van der Waals surface area contributed by atoms with Gasteiger partial charge in [0.2, 0.25) is 5.76 Å². The molecule has 0 unspecified atom stereocenters. The lowest BCUT2D eigenvalue weighted by molar-refractivity contribution is 0.0438. The van der Waals surface area contributed by atoms with Gasteiger partial charge in [0.25, 0.3) is 10.0 Å². The molecule has 0 amide bonds. The molecule has 1 aromatic heterocycles. The maximum atomic E-state index is 12.8. The van der Waals surface area contributed by atoms with Crippen LogP contribution in [-0.2, 0) is 26.1 Å². The second-order valence-corrected chi connectivity index (χ2v) is 8.14. The minimum Gasteiger partial charge on any atom is -0.463 e. The Morgan fingerprint density at radius 1 is 0.933 bits per heavy atom. The number of furan rings is 1. The molecule has 3 aromatic rings. The van der Waals surface area contributed by atoms with Crippen molar-refractivity contribution in [2.45, 2.75) is 11.5 Å². The number of anilines is 1. The highest BCUT2D eigenvalue weighted by atomic mass is 32.2. The van der Waals surface area contributed by atoms with Gasteiger partial charge in [-0.3, -0.25) is 4.31 Å². The van der Waals surface area contributed by atoms with Crippen LogP contribution < -0.4 is 4.31 Å². The fourth-order valence-corrected chi connectivity index (χ4v) is 3.78. The first-order chi connectivity index (χ1) is 14.3. The van der Waals surface area contributed by atoms with Gasteiger partial charge in [0.05, 0.1) is 23.3 Å². The third-order valence-corrected chi connectivity index (χ3v) is 6.06. The molecule has 0 aliphatic heterocycles. The number of carbonyl (C=O) groups is 2. The van der Waals surface area contributed by atoms with E-state index in [0.29, 0.717) is 5.69 Å². The molecular formula is C21H19NO7S. The van der Waals surface area contributed by atoms with Crippen LogP contribution in [0.4, 0.5) is 5.69 Å². The molecule has 156 valence electrons. The third-order valence-electron chi connectivity index (χ3n) is 4.26. The molecule has 3 rings (SSSR count). The SMILES string of the molecule is COC(=O)c1ccc(COC(=O)c2ccc(S(=O)(=O)N(C)c3ccccc3)cc2)o1. The largest absolute Gasteiger partial charge is 0.463 e. The van der Waals surface area contributed by atoms with Gasteiger partial charge in [0, 0.05) is 7.05 Å². The first-order valence-electron chi connectivity index (χ1n) is 8.81. The normalized spacial score (nSPS) is 11.0. The highest BCUT2D eigenvalue weighted by Crippen LogP contribution is 2.22. The molecule has 0 saturated carbocycles. The van der Waals surface area contributed by atoms with Gasteiger partial charge in [-0.05, 0) is 48.5 Å². The first kappa shape index (κ1) is 21.1. The Kier molecular flexibility index (Phi) is 6.22. The van der Waals surface area contributed by atoms with E-state index in [1.165, 1.54) is 50.6 Å². The van der Waals surface area contributed by atoms with E-state index in [4.69, 9.17) is 9.15 Å². The van der Waals surface area contributed by atoms with Gasteiger partial charge in [-0.15, -0.1) is 0 Å². The van der Waals surface area contributed by atoms with Crippen LogP contribution in [0, 0.1) is 0 Å². The Bertz CT molecular complexity index is 1140. The van der Waals surface area contributed by atoms with Gasteiger partial charge in [-0.2, -0.15) is 0 Å². The van der Waals surface area contributed by atoms with Crippen LogP contribution in [0.2, 0.25) is 0 Å². The Labute approximate surface area is 173 Å². The number of benzene rings is 2. The molecule has 2 aromatic carbocycles. The molecule has 0 saturated heterocycles. The van der Waals surface area contributed by atoms with E-state index in [1.807, 2.05) is 0 Å². The quantitative estimate of drug-likeness (QED) is 0.531. The number of methoxy groups -OCH3 is 1. The molecule has 0 aliphatic carbocycles. The van der Waals surface area contributed by atoms with Gasteiger partial charge in [-0.1, -0.05) is 18.2 Å². The molecule has 0 spiro atoms. The lowest BCUT2D eigenvalue weighted by Gasteiger charge is -2.19. The Balaban J connectivity index is 1.67. The number of rotatable bonds is 7. The lowest BCUT2D eigenvalue weighted by Crippen LogP contribution is -2.26. The summed E-state index contributed by atoms with van der Waals surface area (Å²) >= 11 is 0. The lowest BCUT2D eigenvalue weighted by atomic mass is 10.2. The fourth-order valence-electron chi connectivity index (χ4n) is 2.58. The van der Waals surface area contributed by atoms with Crippen LogP contribution in [0.15, 0.2) is 76.0 Å². The van der Waals surface area contributed by atoms with Crippen molar-refractivity contribution in [3.05, 3.63) is 83.8 Å². The van der Waals surface area contributed by atoms with Crippen LogP contribution in [0.5, 0.6) is 0 Å². The number of hydrogen-bond donors (Lipinski definition) is 0. The zero-order valence-electron chi connectivity index (χ0n) is 16.3. The van der Waals surface area contributed by atoms with Crippen molar-refractivity contribution in [3.8, 4) is 0 Å². The molecule has 0 fully saturated rings. The molecule has 0 N–H and O–H groups in total. The topological polar surface area (TPSA) is 103 Å². The maximum Gasteiger partial charge on any atom is 0.373 e. The average Bonchev–Trinajstić information content (AvgIpc) is 3.26. The van der Waals surface area contributed by atoms with E-state index in [0.717, 1.165) is 4.31 Å². The van der Waals surface area contributed by atoms with Crippen molar-refractivity contribution in [1.29, 1.82) is 0 Å². The second kappa shape index (κ2) is 8.83. The van der Waals surface area contributed by atoms with Gasteiger partial charge < -0.3 is 13.9 Å². The number of esters is 2. The fraction of sp³-hybridized carbons (Fsp3) is 0.143. The van der Waals surface area contributed by atoms with Crippen LogP contribution in [0.3, 0.4) is 0 Å². The van der Waals surface area contributed by atoms with Gasteiger partial charge in [0.15, 0.2) is 0 Å². The smallest absolute Gasteiger partial charge is 0.373 e. The van der Waals surface area contributed by atoms with Crippen molar-refractivity contribution in [2.75, 3.05) is 18.5 Å². The average molecular weight is 429 g/mol. The maximum absolute atomic E-state index is 12.8. The molecule has 0 aliphatic rings. The Morgan fingerprint density at radius 3 is 2.23 bits per heavy atom. The van der Waals surface area contributed by atoms with Crippen molar-refractivity contribution >= 4 is 27.6 Å². The summed E-state index contributed by atoms with van der Waals surface area (Å²) in [5, 5.41) is 0. The molecule has 0 bridgehead atoms. The molecule has 0 atom stereocenters. The van der Waals surface area contributed by atoms with Gasteiger partial charge >= 0.3 is 11.9 Å². The minimum atomic E-state index is -3.78. The Morgan fingerprint density at radius 2 is 1.60 bits per heavy atom. The number of para-hydroxylation sites is 1. The number of hydrogen-bond acceptors (Lipinski definition) is 7. The monoisotopic (exact) mass is 429 g/mol. The summed E-state index contributed by atoms with van der Waals surface area (Å²) in [4.78, 5) is 23.6. The van der Waals surface area contributed by atoms with Crippen molar-refractivity contribution in [1.82, 2.24) is 0 Å². The first-order valence-corrected chi connectivity index (χ1v) is 10.2. The number of sulfonamides is 1. The highest BCUT2D eigenvalue weighted by molar-refractivity contribution is 7.92. The van der Waals surface area contributed by atoms with Crippen LogP contribution in [-0.4, -0.2) is 34.5 Å². The molecule has 0 radical (unpaired) electrons. The summed E-state index contributed by atoms with van der Waals surface area (Å²) in [6.45, 7) is -0.188. The second-order valence-electron chi connectivity index (χ2n) is 6.17. The van der Waals surface area contributed by atoms with Crippen molar-refractivity contribution in [3.63, 3.8) is 0 Å². The Hall–Kier alpha value is -3.59. The molecule has 1 heterocycles. The summed E-state index contributed by atoms with van der Waals surface area (Å²) in [6, 6.07) is 17.0. The van der Waals surface area contributed by atoms with Crippen LogP contribution >= 0.6 is 0 Å². The van der Waals surface area contributed by atoms with Gasteiger partial charge in [-0.25, -0.2) is 18.0 Å². The molecule has 9 heteroatoms. The van der Waals surface area contributed by atoms with Crippen molar-refractivity contribution in [2.24, 2.45) is 0 Å². The molecule has 8 nitrogen and oxygen atoms in total. The standard InChI is InChI=1S/C21H19NO7S/c1-22(16-6-4-3-5-7-16)30(25,26)18-11-8-15(9-12-18)20(23)28-14-17-10-13-19(29-17)21(24)27-2/h3-13H,14H2,1-2H3. The number of carbonyl (C=O) groups excluding carboxylic acids is 2. The predicted octanol–water partition coefficient (Wildman–Crippen LogP) is 3.25. The van der Waals surface area contributed by atoms with Gasteiger partial charge in [0.1, 0.15) is 12.4 Å². The zero-order chi connectivity index (χ0) is 21.7. The van der Waals surface area contributed by atoms with E-state index in [-0.39, 0.29) is 28.6 Å². The zero-order valence-corrected chi connectivity index (χ0v) is 17.1. The third kappa shape index (κ3) is 4.52. The van der Waals surface area contributed by atoms with E-state index >= 15 is 0 Å². The van der Waals surface area contributed by atoms with Crippen LogP contribution in [0.25, 0.3) is 0 Å². The highest BCUT2D eigenvalue weighted by Gasteiger charge is 2.22. The minimum absolute atomic E-state index is 0.000597. The van der Waals surface area contributed by atoms with E-state index in [2.05, 4.69) is 4.74 Å². The van der Waals surface area contributed by atoms with E-state index < -0.39 is 22.0 Å².